The maximum absolute atomic E-state index is 5.48. The van der Waals surface area contributed by atoms with Crippen molar-refractivity contribution in [1.29, 1.82) is 0 Å². The zero-order valence-corrected chi connectivity index (χ0v) is 13.1. The second kappa shape index (κ2) is 7.21. The third-order valence-corrected chi connectivity index (χ3v) is 4.30. The van der Waals surface area contributed by atoms with Gasteiger partial charge in [0.05, 0.1) is 5.54 Å². The van der Waals surface area contributed by atoms with E-state index in [1.54, 1.807) is 0 Å². The predicted molar refractivity (Wildman–Crippen MR) is 83.9 cm³/mol. The number of ether oxygens (including phenoxy) is 1. The first-order valence-electron chi connectivity index (χ1n) is 7.78. The van der Waals surface area contributed by atoms with E-state index in [9.17, 15) is 0 Å². The number of hydrogen-bond donors (Lipinski definition) is 1. The van der Waals surface area contributed by atoms with Gasteiger partial charge in [-0.2, -0.15) is 0 Å². The molecule has 1 aromatic rings. The summed E-state index contributed by atoms with van der Waals surface area (Å²) in [5.74, 6) is 0. The van der Waals surface area contributed by atoms with Gasteiger partial charge in [-0.3, -0.25) is 4.90 Å². The Kier molecular flexibility index (Phi) is 5.58. The minimum absolute atomic E-state index is 0.0833. The van der Waals surface area contributed by atoms with Crippen molar-refractivity contribution in [2.45, 2.75) is 38.8 Å². The number of piperazine rings is 1. The van der Waals surface area contributed by atoms with E-state index in [1.165, 1.54) is 5.56 Å². The first-order valence-corrected chi connectivity index (χ1v) is 7.78. The Morgan fingerprint density at radius 1 is 1.35 bits per heavy atom. The van der Waals surface area contributed by atoms with Crippen molar-refractivity contribution >= 4 is 0 Å². The Morgan fingerprint density at radius 2 is 2.10 bits per heavy atom. The maximum atomic E-state index is 5.48. The first kappa shape index (κ1) is 15.5. The fourth-order valence-electron chi connectivity index (χ4n) is 3.00. The Balaban J connectivity index is 2.07. The monoisotopic (exact) mass is 276 g/mol. The summed E-state index contributed by atoms with van der Waals surface area (Å²) in [6.07, 6.45) is 1.10. The summed E-state index contributed by atoms with van der Waals surface area (Å²) in [6.45, 7) is 11.5. The highest BCUT2D eigenvalue weighted by molar-refractivity contribution is 5.25. The molecule has 1 fully saturated rings. The van der Waals surface area contributed by atoms with Crippen molar-refractivity contribution < 1.29 is 4.74 Å². The van der Waals surface area contributed by atoms with Crippen LogP contribution in [0.2, 0.25) is 0 Å². The highest BCUT2D eigenvalue weighted by Crippen LogP contribution is 2.30. The number of nitrogens with zero attached hydrogens (tertiary/aromatic N) is 1. The molecule has 2 rings (SSSR count). The van der Waals surface area contributed by atoms with Gasteiger partial charge in [0, 0.05) is 38.9 Å². The summed E-state index contributed by atoms with van der Waals surface area (Å²) in [6, 6.07) is 11.4. The molecule has 1 N–H and O–H groups in total. The van der Waals surface area contributed by atoms with E-state index < -0.39 is 0 Å². The molecule has 0 bridgehead atoms. The number of hydrogen-bond acceptors (Lipinski definition) is 3. The second-order valence-corrected chi connectivity index (χ2v) is 5.92. The minimum Gasteiger partial charge on any atom is -0.382 e. The smallest absolute Gasteiger partial charge is 0.0558 e. The van der Waals surface area contributed by atoms with Gasteiger partial charge in [0.15, 0.2) is 0 Å². The number of benzene rings is 1. The SMILES string of the molecule is CCOCCCN1CC(C)NCC1(C)c1ccccc1. The van der Waals surface area contributed by atoms with Gasteiger partial charge in [0.25, 0.3) is 0 Å². The largest absolute Gasteiger partial charge is 0.382 e. The van der Waals surface area contributed by atoms with E-state index in [0.717, 1.165) is 39.3 Å². The summed E-state index contributed by atoms with van der Waals surface area (Å²) >= 11 is 0. The number of nitrogens with one attached hydrogen (secondary N) is 1. The van der Waals surface area contributed by atoms with E-state index in [2.05, 4.69) is 61.3 Å². The molecule has 0 spiro atoms. The molecule has 1 heterocycles. The lowest BCUT2D eigenvalue weighted by atomic mass is 9.87. The molecule has 3 nitrogen and oxygen atoms in total. The normalized spacial score (nSPS) is 27.6. The lowest BCUT2D eigenvalue weighted by molar-refractivity contribution is 0.0413. The van der Waals surface area contributed by atoms with Gasteiger partial charge >= 0.3 is 0 Å². The van der Waals surface area contributed by atoms with Crippen molar-refractivity contribution in [2.75, 3.05) is 32.8 Å². The van der Waals surface area contributed by atoms with Crippen LogP contribution in [-0.2, 0) is 10.3 Å². The van der Waals surface area contributed by atoms with Crippen LogP contribution in [0.25, 0.3) is 0 Å². The molecule has 0 saturated carbocycles. The first-order chi connectivity index (χ1) is 9.66. The molecule has 0 aromatic heterocycles. The molecule has 1 aromatic carbocycles. The fourth-order valence-corrected chi connectivity index (χ4v) is 3.00. The standard InChI is InChI=1S/C17H28N2O/c1-4-20-12-8-11-19-13-15(2)18-14-17(19,3)16-9-6-5-7-10-16/h5-7,9-10,15,18H,4,8,11-14H2,1-3H3. The highest BCUT2D eigenvalue weighted by atomic mass is 16.5. The Bertz CT molecular complexity index is 395. The zero-order chi connectivity index (χ0) is 14.4. The van der Waals surface area contributed by atoms with Crippen LogP contribution in [0.15, 0.2) is 30.3 Å². The summed E-state index contributed by atoms with van der Waals surface area (Å²) in [5.41, 5.74) is 1.48. The third kappa shape index (κ3) is 3.60. The van der Waals surface area contributed by atoms with Crippen LogP contribution in [0.3, 0.4) is 0 Å². The summed E-state index contributed by atoms with van der Waals surface area (Å²) in [7, 11) is 0. The van der Waals surface area contributed by atoms with Gasteiger partial charge in [0.2, 0.25) is 0 Å². The Hall–Kier alpha value is -0.900. The van der Waals surface area contributed by atoms with Crippen molar-refractivity contribution in [2.24, 2.45) is 0 Å². The molecule has 0 radical (unpaired) electrons. The topological polar surface area (TPSA) is 24.5 Å². The van der Waals surface area contributed by atoms with Gasteiger partial charge < -0.3 is 10.1 Å². The van der Waals surface area contributed by atoms with Gasteiger partial charge in [-0.05, 0) is 32.8 Å². The van der Waals surface area contributed by atoms with Gasteiger partial charge in [-0.25, -0.2) is 0 Å². The third-order valence-electron chi connectivity index (χ3n) is 4.30. The summed E-state index contributed by atoms with van der Waals surface area (Å²) < 4.78 is 5.48. The minimum atomic E-state index is 0.0833. The van der Waals surface area contributed by atoms with Crippen LogP contribution in [0.4, 0.5) is 0 Å². The number of rotatable bonds is 6. The van der Waals surface area contributed by atoms with Crippen LogP contribution in [0.1, 0.15) is 32.8 Å². The van der Waals surface area contributed by atoms with Crippen LogP contribution in [0.5, 0.6) is 0 Å². The molecule has 20 heavy (non-hydrogen) atoms. The molecule has 112 valence electrons. The van der Waals surface area contributed by atoms with Crippen molar-refractivity contribution in [3.8, 4) is 0 Å². The molecule has 2 atom stereocenters. The average molecular weight is 276 g/mol. The van der Waals surface area contributed by atoms with E-state index in [1.807, 2.05) is 0 Å². The lowest BCUT2D eigenvalue weighted by Gasteiger charge is -2.48. The van der Waals surface area contributed by atoms with Gasteiger partial charge in [-0.1, -0.05) is 30.3 Å². The van der Waals surface area contributed by atoms with Crippen LogP contribution < -0.4 is 5.32 Å². The zero-order valence-electron chi connectivity index (χ0n) is 13.1. The van der Waals surface area contributed by atoms with Crippen molar-refractivity contribution in [1.82, 2.24) is 10.2 Å². The van der Waals surface area contributed by atoms with E-state index in [4.69, 9.17) is 4.74 Å². The summed E-state index contributed by atoms with van der Waals surface area (Å²) in [5, 5.41) is 3.63. The lowest BCUT2D eigenvalue weighted by Crippen LogP contribution is -2.60. The molecular weight excluding hydrogens is 248 g/mol. The molecule has 0 amide bonds. The molecule has 2 unspecified atom stereocenters. The molecule has 1 saturated heterocycles. The van der Waals surface area contributed by atoms with Gasteiger partial charge in [-0.15, -0.1) is 0 Å². The van der Waals surface area contributed by atoms with Crippen molar-refractivity contribution in [3.05, 3.63) is 35.9 Å². The fraction of sp³-hybridized carbons (Fsp3) is 0.647. The van der Waals surface area contributed by atoms with E-state index in [-0.39, 0.29) is 5.54 Å². The molecule has 0 aliphatic carbocycles. The maximum Gasteiger partial charge on any atom is 0.0558 e. The van der Waals surface area contributed by atoms with Gasteiger partial charge in [0.1, 0.15) is 0 Å². The van der Waals surface area contributed by atoms with Crippen LogP contribution in [-0.4, -0.2) is 43.8 Å². The van der Waals surface area contributed by atoms with Crippen LogP contribution >= 0.6 is 0 Å². The average Bonchev–Trinajstić information content (AvgIpc) is 2.48. The predicted octanol–water partition coefficient (Wildman–Crippen LogP) is 2.62. The Morgan fingerprint density at radius 3 is 2.80 bits per heavy atom. The highest BCUT2D eigenvalue weighted by Gasteiger charge is 2.37. The van der Waals surface area contributed by atoms with Crippen molar-refractivity contribution in [3.63, 3.8) is 0 Å². The molecule has 1 aliphatic rings. The van der Waals surface area contributed by atoms with Crippen LogP contribution in [0, 0.1) is 0 Å². The molecule has 3 heteroatoms. The Labute approximate surface area is 123 Å². The van der Waals surface area contributed by atoms with E-state index >= 15 is 0 Å². The summed E-state index contributed by atoms with van der Waals surface area (Å²) in [4.78, 5) is 2.61. The quantitative estimate of drug-likeness (QED) is 0.808. The molecule has 1 aliphatic heterocycles. The molecular formula is C17H28N2O. The van der Waals surface area contributed by atoms with E-state index in [0.29, 0.717) is 6.04 Å². The second-order valence-electron chi connectivity index (χ2n) is 5.92.